The van der Waals surface area contributed by atoms with E-state index in [1.165, 1.54) is 55.2 Å². The van der Waals surface area contributed by atoms with Gasteiger partial charge in [0.1, 0.15) is 0 Å². The number of rotatable bonds is 8. The van der Waals surface area contributed by atoms with Gasteiger partial charge in [0.2, 0.25) is 0 Å². The van der Waals surface area contributed by atoms with E-state index in [2.05, 4.69) is 45.0 Å². The van der Waals surface area contributed by atoms with E-state index >= 15 is 0 Å². The minimum atomic E-state index is -0.353. The summed E-state index contributed by atoms with van der Waals surface area (Å²) in [5.74, 6) is 0.173. The number of aliphatic hydroxyl groups is 1. The number of ketones is 1. The van der Waals surface area contributed by atoms with Crippen molar-refractivity contribution in [1.82, 2.24) is 0 Å². The predicted octanol–water partition coefficient (Wildman–Crippen LogP) is 7.12. The van der Waals surface area contributed by atoms with Gasteiger partial charge in [0.05, 0.1) is 6.10 Å². The van der Waals surface area contributed by atoms with Crippen LogP contribution in [0.15, 0.2) is 34.9 Å². The maximum absolute atomic E-state index is 13.1. The second kappa shape index (κ2) is 10.1. The lowest BCUT2D eigenvalue weighted by Gasteiger charge is -2.45. The number of benzene rings is 1. The van der Waals surface area contributed by atoms with Gasteiger partial charge in [-0.15, -0.1) is 0 Å². The number of allylic oxidation sites excluding steroid dienone is 2. The Hall–Kier alpha value is -1.67. The third kappa shape index (κ3) is 4.97. The number of carbonyl (C=O) groups is 1. The molecule has 1 N–H and O–H groups in total. The molecule has 2 aliphatic carbocycles. The van der Waals surface area contributed by atoms with Crippen LogP contribution in [0.4, 0.5) is 0 Å². The Morgan fingerprint density at radius 1 is 1.13 bits per heavy atom. The number of Topliss-reactive ketones (excluding diaryl/α,β-unsaturated/α-hetero) is 1. The van der Waals surface area contributed by atoms with Crippen molar-refractivity contribution < 1.29 is 9.90 Å². The lowest BCUT2D eigenvalue weighted by atomic mass is 9.61. The van der Waals surface area contributed by atoms with Gasteiger partial charge in [0, 0.05) is 11.0 Å². The first kappa shape index (κ1) is 23.0. The average molecular weight is 409 g/mol. The third-order valence-corrected chi connectivity index (χ3v) is 7.45. The maximum Gasteiger partial charge on any atom is 0.184 e. The van der Waals surface area contributed by atoms with Crippen molar-refractivity contribution in [2.75, 3.05) is 0 Å². The molecule has 1 aromatic carbocycles. The Morgan fingerprint density at radius 2 is 1.87 bits per heavy atom. The summed E-state index contributed by atoms with van der Waals surface area (Å²) in [6, 6.07) is 6.69. The lowest BCUT2D eigenvalue weighted by molar-refractivity contribution is -0.113. The number of hydrogen-bond donors (Lipinski definition) is 1. The fourth-order valence-electron chi connectivity index (χ4n) is 5.44. The van der Waals surface area contributed by atoms with Crippen LogP contribution < -0.4 is 0 Å². The Morgan fingerprint density at radius 3 is 2.60 bits per heavy atom. The van der Waals surface area contributed by atoms with Gasteiger partial charge in [-0.2, -0.15) is 0 Å². The number of hydrogen-bond acceptors (Lipinski definition) is 2. The topological polar surface area (TPSA) is 37.3 Å². The number of fused-ring (bicyclic) bond motifs is 1. The van der Waals surface area contributed by atoms with E-state index in [1.807, 2.05) is 6.92 Å². The highest BCUT2D eigenvalue weighted by molar-refractivity contribution is 6.12. The molecule has 2 heteroatoms. The summed E-state index contributed by atoms with van der Waals surface area (Å²) in [4.78, 5) is 13.1. The van der Waals surface area contributed by atoms with Crippen LogP contribution in [0.25, 0.3) is 6.08 Å². The van der Waals surface area contributed by atoms with Gasteiger partial charge in [0.15, 0.2) is 5.78 Å². The van der Waals surface area contributed by atoms with Gasteiger partial charge < -0.3 is 5.11 Å². The van der Waals surface area contributed by atoms with Gasteiger partial charge in [-0.3, -0.25) is 4.79 Å². The molecule has 2 aliphatic rings. The average Bonchev–Trinajstić information content (AvgIpc) is 2.72. The number of aliphatic hydroxyl groups excluding tert-OH is 1. The van der Waals surface area contributed by atoms with Gasteiger partial charge in [0.25, 0.3) is 0 Å². The molecule has 2 nitrogen and oxygen atoms in total. The minimum Gasteiger partial charge on any atom is -0.392 e. The van der Waals surface area contributed by atoms with Crippen LogP contribution in [0.2, 0.25) is 0 Å². The normalized spacial score (nSPS) is 25.7. The molecular formula is C28H40O2. The number of aryl methyl sites for hydroxylation is 2. The number of unbranched alkanes of at least 4 members (excludes halogenated alkanes) is 5. The quantitative estimate of drug-likeness (QED) is 0.367. The zero-order valence-corrected chi connectivity index (χ0v) is 19.5. The molecule has 3 rings (SSSR count). The van der Waals surface area contributed by atoms with Crippen molar-refractivity contribution >= 4 is 11.9 Å². The molecule has 0 bridgehead atoms. The first-order valence-electron chi connectivity index (χ1n) is 12.1. The highest BCUT2D eigenvalue weighted by Crippen LogP contribution is 2.50. The van der Waals surface area contributed by atoms with Crippen LogP contribution in [-0.2, 0) is 11.2 Å². The molecule has 0 unspecified atom stereocenters. The summed E-state index contributed by atoms with van der Waals surface area (Å²) < 4.78 is 0. The highest BCUT2D eigenvalue weighted by Gasteiger charge is 2.45. The van der Waals surface area contributed by atoms with E-state index in [9.17, 15) is 9.90 Å². The molecule has 0 amide bonds. The van der Waals surface area contributed by atoms with Crippen molar-refractivity contribution in [1.29, 1.82) is 0 Å². The van der Waals surface area contributed by atoms with Crippen molar-refractivity contribution in [3.05, 3.63) is 51.6 Å². The first-order chi connectivity index (χ1) is 14.4. The molecule has 1 aromatic rings. The Labute approximate surface area is 183 Å². The van der Waals surface area contributed by atoms with Crippen molar-refractivity contribution in [3.63, 3.8) is 0 Å². The van der Waals surface area contributed by atoms with Crippen molar-refractivity contribution in [3.8, 4) is 0 Å². The zero-order valence-electron chi connectivity index (χ0n) is 19.5. The van der Waals surface area contributed by atoms with E-state index < -0.39 is 0 Å². The van der Waals surface area contributed by atoms with Crippen LogP contribution in [0.3, 0.4) is 0 Å². The maximum atomic E-state index is 13.1. The molecule has 1 saturated carbocycles. The monoisotopic (exact) mass is 408 g/mol. The Bertz CT molecular complexity index is 829. The van der Waals surface area contributed by atoms with E-state index in [1.54, 1.807) is 0 Å². The molecule has 0 saturated heterocycles. The minimum absolute atomic E-state index is 0.173. The molecule has 30 heavy (non-hydrogen) atoms. The van der Waals surface area contributed by atoms with E-state index in [0.717, 1.165) is 42.4 Å². The van der Waals surface area contributed by atoms with Gasteiger partial charge in [-0.1, -0.05) is 69.7 Å². The first-order valence-corrected chi connectivity index (χ1v) is 12.1. The Kier molecular flexibility index (Phi) is 7.74. The van der Waals surface area contributed by atoms with E-state index in [0.29, 0.717) is 6.42 Å². The molecule has 0 aromatic heterocycles. The molecule has 0 aliphatic heterocycles. The second-order valence-electron chi connectivity index (χ2n) is 9.81. The summed E-state index contributed by atoms with van der Waals surface area (Å²) >= 11 is 0. The van der Waals surface area contributed by atoms with Crippen LogP contribution in [0, 0.1) is 12.3 Å². The van der Waals surface area contributed by atoms with Gasteiger partial charge >= 0.3 is 0 Å². The third-order valence-electron chi connectivity index (χ3n) is 7.45. The smallest absolute Gasteiger partial charge is 0.184 e. The fraction of sp³-hybridized carbons (Fsp3) is 0.607. The Balaban J connectivity index is 1.72. The van der Waals surface area contributed by atoms with Crippen molar-refractivity contribution in [2.45, 2.75) is 104 Å². The molecule has 164 valence electrons. The molecule has 0 radical (unpaired) electrons. The largest absolute Gasteiger partial charge is 0.392 e. The van der Waals surface area contributed by atoms with E-state index in [-0.39, 0.29) is 17.3 Å². The summed E-state index contributed by atoms with van der Waals surface area (Å²) in [6.07, 6.45) is 14.2. The van der Waals surface area contributed by atoms with Gasteiger partial charge in [-0.25, -0.2) is 0 Å². The summed E-state index contributed by atoms with van der Waals surface area (Å²) in [6.45, 7) is 8.51. The van der Waals surface area contributed by atoms with Crippen molar-refractivity contribution in [2.24, 2.45) is 5.41 Å². The molecule has 1 fully saturated rings. The predicted molar refractivity (Wildman–Crippen MR) is 127 cm³/mol. The lowest BCUT2D eigenvalue weighted by Crippen LogP contribution is -2.42. The second-order valence-corrected chi connectivity index (χ2v) is 9.81. The van der Waals surface area contributed by atoms with Gasteiger partial charge in [-0.05, 0) is 80.7 Å². The molecule has 0 spiro atoms. The molecule has 0 heterocycles. The summed E-state index contributed by atoms with van der Waals surface area (Å²) in [7, 11) is 0. The SMILES string of the molecule is CCCCCCCCc1ccc(/C=C2/C[C@@]3(C)C(=C(C)C2=O)CCC[C@@H]3O)c(C)c1. The summed E-state index contributed by atoms with van der Waals surface area (Å²) in [5, 5.41) is 10.7. The van der Waals surface area contributed by atoms with Crippen LogP contribution in [0.5, 0.6) is 0 Å². The van der Waals surface area contributed by atoms with Crippen LogP contribution in [-0.4, -0.2) is 17.0 Å². The summed E-state index contributed by atoms with van der Waals surface area (Å²) in [5.41, 5.74) is 6.39. The highest BCUT2D eigenvalue weighted by atomic mass is 16.3. The standard InChI is InChI=1S/C28H40O2/c1-5-6-7-8-9-10-12-22-15-16-23(20(2)17-22)18-24-19-28(4)25(21(3)27(24)30)13-11-14-26(28)29/h15-18,26,29H,5-14,19H2,1-4H3/b24-18-/t26-,28-/m0/s1. The zero-order chi connectivity index (χ0) is 21.7. The number of carbonyl (C=O) groups excluding carboxylic acids is 1. The van der Waals surface area contributed by atoms with Crippen LogP contribution in [0.1, 0.15) is 102 Å². The molecular weight excluding hydrogens is 368 g/mol. The molecule has 2 atom stereocenters. The van der Waals surface area contributed by atoms with E-state index in [4.69, 9.17) is 0 Å². The van der Waals surface area contributed by atoms with Crippen LogP contribution >= 0.6 is 0 Å². The fourth-order valence-corrected chi connectivity index (χ4v) is 5.44.